The predicted octanol–water partition coefficient (Wildman–Crippen LogP) is 0.991. The van der Waals surface area contributed by atoms with E-state index in [1.54, 1.807) is 6.92 Å². The minimum absolute atomic E-state index is 0. The summed E-state index contributed by atoms with van der Waals surface area (Å²) < 4.78 is -1.09. The molecule has 0 saturated carbocycles. The van der Waals surface area contributed by atoms with Crippen LogP contribution >= 0.6 is 23.2 Å². The largest absolute Gasteiger partial charge is 0.481 e. The molecule has 0 aliphatic rings. The van der Waals surface area contributed by atoms with Crippen LogP contribution in [0.1, 0.15) is 19.8 Å². The summed E-state index contributed by atoms with van der Waals surface area (Å²) in [6.07, 6.45) is 0.245. The van der Waals surface area contributed by atoms with Gasteiger partial charge < -0.3 is 21.8 Å². The smallest absolute Gasteiger partial charge is 0.306 e. The molecule has 7 heteroatoms. The Hall–Kier alpha value is -0.0700. The van der Waals surface area contributed by atoms with E-state index in [0.29, 0.717) is 6.42 Å². The first-order valence-electron chi connectivity index (χ1n) is 3.02. The fraction of sp³-hybridized carbons (Fsp3) is 0.833. The minimum atomic E-state index is -1.09. The van der Waals surface area contributed by atoms with Gasteiger partial charge in [-0.1, -0.05) is 6.92 Å². The molecule has 0 rings (SSSR count). The molecule has 0 aromatic rings. The minimum Gasteiger partial charge on any atom is -0.481 e. The van der Waals surface area contributed by atoms with Gasteiger partial charge in [0.1, 0.15) is 4.33 Å². The van der Waals surface area contributed by atoms with Gasteiger partial charge in [0.15, 0.2) is 0 Å². The quantitative estimate of drug-likeness (QED) is 0.634. The van der Waals surface area contributed by atoms with Crippen LogP contribution in [0, 0.1) is 0 Å². The van der Waals surface area contributed by atoms with Crippen LogP contribution in [0.25, 0.3) is 0 Å². The monoisotopic (exact) mass is 237 g/mol. The van der Waals surface area contributed by atoms with Crippen molar-refractivity contribution in [2.24, 2.45) is 0 Å². The van der Waals surface area contributed by atoms with E-state index in [-0.39, 0.29) is 18.0 Å². The molecule has 5 nitrogen and oxygen atoms in total. The van der Waals surface area contributed by atoms with E-state index in [4.69, 9.17) is 33.4 Å². The summed E-state index contributed by atoms with van der Waals surface area (Å²) >= 11 is 11.0. The summed E-state index contributed by atoms with van der Waals surface area (Å²) in [5, 5.41) is 15.2. The first-order valence-corrected chi connectivity index (χ1v) is 3.78. The summed E-state index contributed by atoms with van der Waals surface area (Å²) in [6, 6.07) is 0. The highest BCUT2D eigenvalue weighted by molar-refractivity contribution is 6.49. The van der Waals surface area contributed by atoms with Crippen LogP contribution < -0.4 is 6.15 Å². The Morgan fingerprint density at radius 3 is 1.77 bits per heavy atom. The van der Waals surface area contributed by atoms with Crippen molar-refractivity contribution in [3.05, 3.63) is 0 Å². The van der Waals surface area contributed by atoms with Gasteiger partial charge in [0.05, 0.1) is 6.42 Å². The number of hydrogen-bond acceptors (Lipinski definition) is 3. The van der Waals surface area contributed by atoms with E-state index in [9.17, 15) is 4.79 Å². The van der Waals surface area contributed by atoms with E-state index in [1.165, 1.54) is 0 Å². The Morgan fingerprint density at radius 2 is 1.69 bits per heavy atom. The lowest BCUT2D eigenvalue weighted by molar-refractivity contribution is -0.137. The molecule has 84 valence electrons. The maximum absolute atomic E-state index is 10.0. The van der Waals surface area contributed by atoms with Crippen LogP contribution in [0.15, 0.2) is 0 Å². The van der Waals surface area contributed by atoms with E-state index in [2.05, 4.69) is 0 Å². The number of carbonyl (C=O) groups is 1. The van der Waals surface area contributed by atoms with Gasteiger partial charge in [-0.05, 0) is 6.42 Å². The standard InChI is InChI=1S/C5H8Cl2O2.CH4O.H3N.H2O/c1-2-5(6,7)3-4(8)9;1-2;;/h2-3H2,1H3,(H,8,9);2H,1H3;1H3;1H2. The van der Waals surface area contributed by atoms with E-state index in [0.717, 1.165) is 7.11 Å². The van der Waals surface area contributed by atoms with Gasteiger partial charge in [-0.15, -0.1) is 23.2 Å². The molecule has 0 spiro atoms. The number of alkyl halides is 2. The van der Waals surface area contributed by atoms with Crippen LogP contribution in [0.2, 0.25) is 0 Å². The second-order valence-electron chi connectivity index (χ2n) is 1.78. The van der Waals surface area contributed by atoms with Crippen molar-refractivity contribution in [3.63, 3.8) is 0 Å². The Morgan fingerprint density at radius 1 is 1.38 bits per heavy atom. The molecule has 0 saturated heterocycles. The number of rotatable bonds is 3. The topological polar surface area (TPSA) is 124 Å². The van der Waals surface area contributed by atoms with Gasteiger partial charge in [0, 0.05) is 7.11 Å². The van der Waals surface area contributed by atoms with Crippen LogP contribution in [0.4, 0.5) is 0 Å². The maximum Gasteiger partial charge on any atom is 0.306 e. The fourth-order valence-corrected chi connectivity index (χ4v) is 0.575. The van der Waals surface area contributed by atoms with Gasteiger partial charge in [-0.2, -0.15) is 0 Å². The summed E-state index contributed by atoms with van der Waals surface area (Å²) in [4.78, 5) is 10.0. The Labute approximate surface area is 87.5 Å². The number of aliphatic hydroxyl groups is 1. The van der Waals surface area contributed by atoms with Gasteiger partial charge in [-0.25, -0.2) is 0 Å². The normalized spacial score (nSPS) is 8.38. The lowest BCUT2D eigenvalue weighted by atomic mass is 10.2. The number of aliphatic carboxylic acids is 1. The number of carboxylic acids is 1. The van der Waals surface area contributed by atoms with Crippen molar-refractivity contribution in [1.82, 2.24) is 6.15 Å². The van der Waals surface area contributed by atoms with E-state index >= 15 is 0 Å². The van der Waals surface area contributed by atoms with E-state index in [1.807, 2.05) is 0 Å². The zero-order chi connectivity index (χ0) is 9.49. The van der Waals surface area contributed by atoms with Gasteiger partial charge in [-0.3, -0.25) is 4.79 Å². The molecule has 13 heavy (non-hydrogen) atoms. The second kappa shape index (κ2) is 11.9. The molecule has 0 aromatic carbocycles. The Bertz CT molecular complexity index is 121. The van der Waals surface area contributed by atoms with E-state index < -0.39 is 10.3 Å². The van der Waals surface area contributed by atoms with Crippen molar-refractivity contribution >= 4 is 29.2 Å². The molecule has 7 N–H and O–H groups in total. The molecule has 0 bridgehead atoms. The first-order chi connectivity index (χ1) is 4.98. The molecule has 0 atom stereocenters. The summed E-state index contributed by atoms with van der Waals surface area (Å²) in [5.74, 6) is -0.971. The highest BCUT2D eigenvalue weighted by Gasteiger charge is 2.24. The Kier molecular flexibility index (Phi) is 21.2. The molecular formula is C6H17Cl2NO4. The summed E-state index contributed by atoms with van der Waals surface area (Å²) in [6.45, 7) is 1.74. The molecule has 0 aliphatic carbocycles. The lowest BCUT2D eigenvalue weighted by Crippen LogP contribution is -2.16. The first kappa shape index (κ1) is 23.1. The third-order valence-electron chi connectivity index (χ3n) is 0.927. The number of halogens is 2. The SMILES string of the molecule is CCC(Cl)(Cl)CC(=O)O.CO.N.O. The zero-order valence-electron chi connectivity index (χ0n) is 7.68. The van der Waals surface area contributed by atoms with Crippen LogP contribution in [0.3, 0.4) is 0 Å². The van der Waals surface area contributed by atoms with Crippen LogP contribution in [0.5, 0.6) is 0 Å². The van der Waals surface area contributed by atoms with Crippen molar-refractivity contribution in [2.75, 3.05) is 7.11 Å². The molecular weight excluding hydrogens is 221 g/mol. The van der Waals surface area contributed by atoms with Crippen LogP contribution in [-0.4, -0.2) is 33.1 Å². The fourth-order valence-electron chi connectivity index (χ4n) is 0.346. The van der Waals surface area contributed by atoms with Crippen molar-refractivity contribution in [3.8, 4) is 0 Å². The zero-order valence-corrected chi connectivity index (χ0v) is 9.19. The number of carboxylic acid groups (broad SMARTS) is 1. The predicted molar refractivity (Wildman–Crippen MR) is 53.8 cm³/mol. The third-order valence-corrected chi connectivity index (χ3v) is 1.73. The van der Waals surface area contributed by atoms with Gasteiger partial charge in [0.2, 0.25) is 0 Å². The number of hydrogen-bond donors (Lipinski definition) is 3. The maximum atomic E-state index is 10.0. The van der Waals surface area contributed by atoms with Crippen LogP contribution in [-0.2, 0) is 4.79 Å². The highest BCUT2D eigenvalue weighted by Crippen LogP contribution is 2.28. The number of aliphatic hydroxyl groups excluding tert-OH is 1. The van der Waals surface area contributed by atoms with Crippen molar-refractivity contribution in [2.45, 2.75) is 24.1 Å². The molecule has 0 heterocycles. The average molecular weight is 238 g/mol. The Balaban J connectivity index is -0.0000000941. The molecule has 0 amide bonds. The lowest BCUT2D eigenvalue weighted by Gasteiger charge is -2.12. The van der Waals surface area contributed by atoms with Gasteiger partial charge in [0.25, 0.3) is 0 Å². The third kappa shape index (κ3) is 18.7. The van der Waals surface area contributed by atoms with Gasteiger partial charge >= 0.3 is 5.97 Å². The molecule has 0 unspecified atom stereocenters. The summed E-state index contributed by atoms with van der Waals surface area (Å²) in [7, 11) is 1.00. The molecule has 0 aliphatic heterocycles. The molecule has 0 fully saturated rings. The molecule has 0 radical (unpaired) electrons. The second-order valence-corrected chi connectivity index (χ2v) is 3.42. The highest BCUT2D eigenvalue weighted by atomic mass is 35.5. The van der Waals surface area contributed by atoms with Crippen molar-refractivity contribution in [1.29, 1.82) is 0 Å². The average Bonchev–Trinajstić information content (AvgIpc) is 1.90. The van der Waals surface area contributed by atoms with Crippen molar-refractivity contribution < 1.29 is 20.5 Å². The molecule has 0 aromatic heterocycles. The summed E-state index contributed by atoms with van der Waals surface area (Å²) in [5.41, 5.74) is 0.